The summed E-state index contributed by atoms with van der Waals surface area (Å²) < 4.78 is 22.0. The van der Waals surface area contributed by atoms with Gasteiger partial charge in [-0.15, -0.1) is 0 Å². The van der Waals surface area contributed by atoms with Crippen molar-refractivity contribution in [2.24, 2.45) is 0 Å². The number of hydrogen-bond acceptors (Lipinski definition) is 5. The standard InChI is InChI=1S/C6H7NO5S/c8-4-13(11,12)6-2-1-5(3-6)7(9)10/h1,3,8H,2,4H2. The molecule has 6 nitrogen and oxygen atoms in total. The number of sulfone groups is 1. The van der Waals surface area contributed by atoms with Gasteiger partial charge in [-0.1, -0.05) is 0 Å². The van der Waals surface area contributed by atoms with Gasteiger partial charge in [0.15, 0.2) is 9.84 Å². The summed E-state index contributed by atoms with van der Waals surface area (Å²) in [4.78, 5) is 9.42. The average molecular weight is 205 g/mol. The Morgan fingerprint density at radius 2 is 2.23 bits per heavy atom. The van der Waals surface area contributed by atoms with E-state index in [4.69, 9.17) is 5.11 Å². The highest BCUT2D eigenvalue weighted by molar-refractivity contribution is 7.95. The normalized spacial score (nSPS) is 16.7. The van der Waals surface area contributed by atoms with E-state index in [1.54, 1.807) is 0 Å². The molecule has 0 atom stereocenters. The zero-order chi connectivity index (χ0) is 10.1. The lowest BCUT2D eigenvalue weighted by atomic mass is 10.5. The van der Waals surface area contributed by atoms with Gasteiger partial charge in [-0.2, -0.15) is 0 Å². The molecular weight excluding hydrogens is 198 g/mol. The molecule has 1 rings (SSSR count). The van der Waals surface area contributed by atoms with E-state index >= 15 is 0 Å². The Bertz CT molecular complexity index is 391. The maximum absolute atomic E-state index is 11.0. The smallest absolute Gasteiger partial charge is 0.266 e. The number of nitrogens with zero attached hydrogens (tertiary/aromatic N) is 1. The summed E-state index contributed by atoms with van der Waals surface area (Å²) in [5.74, 6) is -1.02. The van der Waals surface area contributed by atoms with Crippen molar-refractivity contribution in [3.8, 4) is 0 Å². The Morgan fingerprint density at radius 1 is 1.62 bits per heavy atom. The first-order chi connectivity index (χ1) is 5.97. The molecule has 0 spiro atoms. The van der Waals surface area contributed by atoms with Gasteiger partial charge < -0.3 is 5.11 Å². The molecule has 1 aliphatic rings. The van der Waals surface area contributed by atoms with Gasteiger partial charge in [-0.3, -0.25) is 10.1 Å². The zero-order valence-corrected chi connectivity index (χ0v) is 7.32. The van der Waals surface area contributed by atoms with Gasteiger partial charge in [0.2, 0.25) is 0 Å². The van der Waals surface area contributed by atoms with Crippen LogP contribution in [0.15, 0.2) is 22.8 Å². The molecule has 0 saturated carbocycles. The van der Waals surface area contributed by atoms with Gasteiger partial charge in [0.1, 0.15) is 5.94 Å². The van der Waals surface area contributed by atoms with Gasteiger partial charge in [-0.05, 0) is 6.08 Å². The summed E-state index contributed by atoms with van der Waals surface area (Å²) >= 11 is 0. The van der Waals surface area contributed by atoms with Crippen LogP contribution in [0.5, 0.6) is 0 Å². The predicted octanol–water partition coefficient (Wildman–Crippen LogP) is -0.201. The van der Waals surface area contributed by atoms with E-state index in [0.717, 1.165) is 6.08 Å². The highest BCUT2D eigenvalue weighted by Gasteiger charge is 2.24. The van der Waals surface area contributed by atoms with Crippen molar-refractivity contribution >= 4 is 9.84 Å². The van der Waals surface area contributed by atoms with Crippen LogP contribution in [0.3, 0.4) is 0 Å². The summed E-state index contributed by atoms with van der Waals surface area (Å²) in [5, 5.41) is 18.7. The van der Waals surface area contributed by atoms with Crippen molar-refractivity contribution < 1.29 is 18.4 Å². The maximum atomic E-state index is 11.0. The molecule has 0 bridgehead atoms. The summed E-state index contributed by atoms with van der Waals surface area (Å²) in [5.41, 5.74) is -0.243. The molecule has 13 heavy (non-hydrogen) atoms. The van der Waals surface area contributed by atoms with E-state index in [1.165, 1.54) is 6.08 Å². The molecule has 0 aromatic heterocycles. The fourth-order valence-corrected chi connectivity index (χ4v) is 1.72. The summed E-state index contributed by atoms with van der Waals surface area (Å²) in [7, 11) is -3.70. The molecule has 0 radical (unpaired) electrons. The monoisotopic (exact) mass is 205 g/mol. The van der Waals surface area contributed by atoms with Crippen molar-refractivity contribution in [3.05, 3.63) is 32.9 Å². The first kappa shape index (κ1) is 9.87. The van der Waals surface area contributed by atoms with E-state index in [2.05, 4.69) is 0 Å². The maximum Gasteiger partial charge on any atom is 0.266 e. The van der Waals surface area contributed by atoms with Crippen LogP contribution in [0.25, 0.3) is 0 Å². The lowest BCUT2D eigenvalue weighted by Gasteiger charge is -1.97. The molecule has 0 aliphatic heterocycles. The molecule has 1 aliphatic carbocycles. The van der Waals surface area contributed by atoms with E-state index in [9.17, 15) is 18.5 Å². The molecule has 0 aromatic rings. The molecule has 0 unspecified atom stereocenters. The van der Waals surface area contributed by atoms with Gasteiger partial charge in [0, 0.05) is 12.5 Å². The molecule has 0 heterocycles. The number of hydrogen-bond donors (Lipinski definition) is 1. The summed E-state index contributed by atoms with van der Waals surface area (Å²) in [6.07, 6.45) is 2.15. The number of aliphatic hydroxyl groups is 1. The third-order valence-corrected chi connectivity index (χ3v) is 3.02. The number of aliphatic hydroxyl groups excluding tert-OH is 1. The van der Waals surface area contributed by atoms with Crippen LogP contribution < -0.4 is 0 Å². The SMILES string of the molecule is O=[N+]([O-])C1=CCC(S(=O)(=O)CO)=C1. The van der Waals surface area contributed by atoms with E-state index < -0.39 is 20.7 Å². The van der Waals surface area contributed by atoms with Crippen LogP contribution in [0.2, 0.25) is 0 Å². The van der Waals surface area contributed by atoms with Gasteiger partial charge >= 0.3 is 0 Å². The predicted molar refractivity (Wildman–Crippen MR) is 43.8 cm³/mol. The topological polar surface area (TPSA) is 97.5 Å². The minimum Gasteiger partial charge on any atom is -0.380 e. The van der Waals surface area contributed by atoms with Gasteiger partial charge in [-0.25, -0.2) is 8.42 Å². The van der Waals surface area contributed by atoms with E-state index in [0.29, 0.717) is 0 Å². The Morgan fingerprint density at radius 3 is 2.62 bits per heavy atom. The molecule has 0 fully saturated rings. The van der Waals surface area contributed by atoms with Crippen molar-refractivity contribution in [2.45, 2.75) is 6.42 Å². The minimum absolute atomic E-state index is 0.0147. The number of rotatable bonds is 3. The highest BCUT2D eigenvalue weighted by Crippen LogP contribution is 2.22. The molecule has 1 N–H and O–H groups in total. The van der Waals surface area contributed by atoms with Crippen molar-refractivity contribution in [1.82, 2.24) is 0 Å². The largest absolute Gasteiger partial charge is 0.380 e. The summed E-state index contributed by atoms with van der Waals surface area (Å²) in [6, 6.07) is 0. The fourth-order valence-electron chi connectivity index (χ4n) is 0.915. The highest BCUT2D eigenvalue weighted by atomic mass is 32.2. The van der Waals surface area contributed by atoms with Crippen LogP contribution in [0.1, 0.15) is 6.42 Å². The van der Waals surface area contributed by atoms with Crippen molar-refractivity contribution in [1.29, 1.82) is 0 Å². The summed E-state index contributed by atoms with van der Waals surface area (Å²) in [6.45, 7) is 0. The minimum atomic E-state index is -3.70. The first-order valence-corrected chi connectivity index (χ1v) is 5.01. The quantitative estimate of drug-likeness (QED) is 0.508. The van der Waals surface area contributed by atoms with Crippen molar-refractivity contribution in [2.75, 3.05) is 5.94 Å². The first-order valence-electron chi connectivity index (χ1n) is 3.36. The average Bonchev–Trinajstić information content (AvgIpc) is 2.52. The lowest BCUT2D eigenvalue weighted by molar-refractivity contribution is -0.418. The van der Waals surface area contributed by atoms with E-state index in [-0.39, 0.29) is 17.0 Å². The van der Waals surface area contributed by atoms with Crippen LogP contribution in [0, 0.1) is 10.1 Å². The van der Waals surface area contributed by atoms with Gasteiger partial charge in [0.05, 0.1) is 9.83 Å². The third kappa shape index (κ3) is 1.93. The van der Waals surface area contributed by atoms with Crippen LogP contribution in [-0.2, 0) is 9.84 Å². The fraction of sp³-hybridized carbons (Fsp3) is 0.333. The second-order valence-corrected chi connectivity index (χ2v) is 4.46. The Hall–Kier alpha value is -1.21. The molecular formula is C6H7NO5S. The van der Waals surface area contributed by atoms with Crippen LogP contribution >= 0.6 is 0 Å². The third-order valence-electron chi connectivity index (χ3n) is 1.60. The molecule has 7 heteroatoms. The zero-order valence-electron chi connectivity index (χ0n) is 6.50. The van der Waals surface area contributed by atoms with Crippen molar-refractivity contribution in [3.63, 3.8) is 0 Å². The van der Waals surface area contributed by atoms with Crippen LogP contribution in [0.4, 0.5) is 0 Å². The Balaban J connectivity index is 2.94. The molecule has 72 valence electrons. The Kier molecular flexibility index (Phi) is 2.48. The number of nitro groups is 1. The second kappa shape index (κ2) is 3.27. The molecule has 0 aromatic carbocycles. The lowest BCUT2D eigenvalue weighted by Crippen LogP contribution is -2.07. The molecule has 0 amide bonds. The van der Waals surface area contributed by atoms with Crippen LogP contribution in [-0.4, -0.2) is 24.4 Å². The Labute approximate surface area is 74.3 Å². The van der Waals surface area contributed by atoms with E-state index in [1.807, 2.05) is 0 Å². The number of allylic oxidation sites excluding steroid dienone is 3. The second-order valence-electron chi connectivity index (χ2n) is 2.44. The van der Waals surface area contributed by atoms with Gasteiger partial charge in [0.25, 0.3) is 5.70 Å². The molecule has 0 saturated heterocycles.